The SMILES string of the molecule is CC(=O)c1ccc(Br)cc1Oc1ccc2ccccc2c1. The summed E-state index contributed by atoms with van der Waals surface area (Å²) in [5, 5.41) is 2.26. The van der Waals surface area contributed by atoms with Gasteiger partial charge < -0.3 is 4.74 Å². The highest BCUT2D eigenvalue weighted by Crippen LogP contribution is 2.30. The first kappa shape index (κ1) is 13.8. The molecular formula is C18H13BrO2. The number of hydrogen-bond acceptors (Lipinski definition) is 2. The third-order valence-corrected chi connectivity index (χ3v) is 3.76. The lowest BCUT2D eigenvalue weighted by Gasteiger charge is -2.10. The summed E-state index contributed by atoms with van der Waals surface area (Å²) in [5.74, 6) is 1.26. The Bertz CT molecular complexity index is 824. The second-order valence-corrected chi connectivity index (χ2v) is 5.72. The first-order valence-electron chi connectivity index (χ1n) is 6.60. The quantitative estimate of drug-likeness (QED) is 0.580. The number of ketones is 1. The average Bonchev–Trinajstić information content (AvgIpc) is 2.47. The van der Waals surface area contributed by atoms with E-state index in [1.54, 1.807) is 6.07 Å². The third kappa shape index (κ3) is 2.98. The fourth-order valence-corrected chi connectivity index (χ4v) is 2.57. The van der Waals surface area contributed by atoms with Crippen LogP contribution in [0.15, 0.2) is 65.1 Å². The molecule has 0 radical (unpaired) electrons. The maximum absolute atomic E-state index is 11.7. The van der Waals surface area contributed by atoms with E-state index in [2.05, 4.69) is 22.0 Å². The molecule has 0 aliphatic heterocycles. The van der Waals surface area contributed by atoms with Crippen LogP contribution in [0.1, 0.15) is 17.3 Å². The van der Waals surface area contributed by atoms with E-state index in [0.717, 1.165) is 15.2 Å². The van der Waals surface area contributed by atoms with Gasteiger partial charge in [-0.25, -0.2) is 0 Å². The molecule has 2 nitrogen and oxygen atoms in total. The zero-order valence-electron chi connectivity index (χ0n) is 11.5. The molecule has 3 aromatic carbocycles. The van der Waals surface area contributed by atoms with Crippen molar-refractivity contribution >= 4 is 32.5 Å². The van der Waals surface area contributed by atoms with E-state index in [1.807, 2.05) is 48.5 Å². The number of Topliss-reactive ketones (excluding diaryl/α,β-unsaturated/α-hetero) is 1. The normalized spacial score (nSPS) is 10.6. The number of ether oxygens (including phenoxy) is 1. The summed E-state index contributed by atoms with van der Waals surface area (Å²) in [5.41, 5.74) is 0.575. The molecule has 21 heavy (non-hydrogen) atoms. The summed E-state index contributed by atoms with van der Waals surface area (Å²) >= 11 is 3.41. The van der Waals surface area contributed by atoms with Crippen molar-refractivity contribution in [2.24, 2.45) is 0 Å². The largest absolute Gasteiger partial charge is 0.457 e. The molecule has 0 N–H and O–H groups in total. The van der Waals surface area contributed by atoms with Gasteiger partial charge >= 0.3 is 0 Å². The van der Waals surface area contributed by atoms with Crippen LogP contribution in [0.25, 0.3) is 10.8 Å². The van der Waals surface area contributed by atoms with Gasteiger partial charge in [0.05, 0.1) is 5.56 Å². The van der Waals surface area contributed by atoms with Gasteiger partial charge in [0, 0.05) is 4.47 Å². The average molecular weight is 341 g/mol. The Kier molecular flexibility index (Phi) is 3.76. The molecule has 0 spiro atoms. The van der Waals surface area contributed by atoms with Crippen LogP contribution in [0.2, 0.25) is 0 Å². The summed E-state index contributed by atoms with van der Waals surface area (Å²) in [6.45, 7) is 1.54. The first-order chi connectivity index (χ1) is 10.1. The molecule has 0 aromatic heterocycles. The maximum atomic E-state index is 11.7. The van der Waals surface area contributed by atoms with Crippen molar-refractivity contribution in [3.05, 3.63) is 70.7 Å². The number of halogens is 1. The van der Waals surface area contributed by atoms with E-state index in [0.29, 0.717) is 17.1 Å². The predicted molar refractivity (Wildman–Crippen MR) is 88.2 cm³/mol. The molecule has 0 bridgehead atoms. The van der Waals surface area contributed by atoms with Crippen molar-refractivity contribution in [3.63, 3.8) is 0 Å². The van der Waals surface area contributed by atoms with Crippen molar-refractivity contribution in [1.82, 2.24) is 0 Å². The van der Waals surface area contributed by atoms with Gasteiger partial charge in [-0.3, -0.25) is 4.79 Å². The van der Waals surface area contributed by atoms with Crippen LogP contribution in [0.5, 0.6) is 11.5 Å². The molecule has 104 valence electrons. The predicted octanol–water partition coefficient (Wildman–Crippen LogP) is 5.60. The minimum absolute atomic E-state index is 0.0155. The Balaban J connectivity index is 2.02. The highest BCUT2D eigenvalue weighted by molar-refractivity contribution is 9.10. The molecule has 3 rings (SSSR count). The highest BCUT2D eigenvalue weighted by atomic mass is 79.9. The van der Waals surface area contributed by atoms with Crippen molar-refractivity contribution in [2.45, 2.75) is 6.92 Å². The Morgan fingerprint density at radius 3 is 2.48 bits per heavy atom. The molecule has 0 heterocycles. The Labute approximate surface area is 131 Å². The maximum Gasteiger partial charge on any atom is 0.163 e. The number of fused-ring (bicyclic) bond motifs is 1. The molecule has 0 fully saturated rings. The summed E-state index contributed by atoms with van der Waals surface area (Å²) in [4.78, 5) is 11.7. The van der Waals surface area contributed by atoms with Crippen molar-refractivity contribution in [2.75, 3.05) is 0 Å². The monoisotopic (exact) mass is 340 g/mol. The smallest absolute Gasteiger partial charge is 0.163 e. The Hall–Kier alpha value is -2.13. The summed E-state index contributed by atoms with van der Waals surface area (Å²) < 4.78 is 6.79. The van der Waals surface area contributed by atoms with Gasteiger partial charge in [0.2, 0.25) is 0 Å². The summed E-state index contributed by atoms with van der Waals surface area (Å²) in [6.07, 6.45) is 0. The van der Waals surface area contributed by atoms with Crippen LogP contribution >= 0.6 is 15.9 Å². The molecule has 3 aromatic rings. The second-order valence-electron chi connectivity index (χ2n) is 4.81. The lowest BCUT2D eigenvalue weighted by molar-refractivity contribution is 0.101. The molecular weight excluding hydrogens is 328 g/mol. The van der Waals surface area contributed by atoms with E-state index < -0.39 is 0 Å². The number of rotatable bonds is 3. The lowest BCUT2D eigenvalue weighted by Crippen LogP contribution is -1.97. The van der Waals surface area contributed by atoms with Crippen LogP contribution < -0.4 is 4.74 Å². The van der Waals surface area contributed by atoms with Gasteiger partial charge in [-0.1, -0.05) is 46.3 Å². The van der Waals surface area contributed by atoms with Crippen LogP contribution in [0.3, 0.4) is 0 Å². The fraction of sp³-hybridized carbons (Fsp3) is 0.0556. The van der Waals surface area contributed by atoms with Crippen molar-refractivity contribution in [1.29, 1.82) is 0 Å². The van der Waals surface area contributed by atoms with Crippen LogP contribution in [0.4, 0.5) is 0 Å². The van der Waals surface area contributed by atoms with Gasteiger partial charge in [-0.05, 0) is 48.0 Å². The second kappa shape index (κ2) is 5.70. The van der Waals surface area contributed by atoms with Crippen molar-refractivity contribution < 1.29 is 9.53 Å². The van der Waals surface area contributed by atoms with E-state index in [9.17, 15) is 4.79 Å². The van der Waals surface area contributed by atoms with E-state index in [1.165, 1.54) is 6.92 Å². The standard InChI is InChI=1S/C18H13BrO2/c1-12(20)17-9-7-15(19)11-18(17)21-16-8-6-13-4-2-3-5-14(13)10-16/h2-11H,1H3. The molecule has 0 saturated carbocycles. The van der Waals surface area contributed by atoms with Gasteiger partial charge in [0.15, 0.2) is 5.78 Å². The minimum atomic E-state index is -0.0155. The molecule has 0 amide bonds. The van der Waals surface area contributed by atoms with Gasteiger partial charge in [-0.15, -0.1) is 0 Å². The Morgan fingerprint density at radius 2 is 1.71 bits per heavy atom. The molecule has 0 unspecified atom stereocenters. The number of hydrogen-bond donors (Lipinski definition) is 0. The van der Waals surface area contributed by atoms with Gasteiger partial charge in [0.1, 0.15) is 11.5 Å². The number of carbonyl (C=O) groups excluding carboxylic acids is 1. The van der Waals surface area contributed by atoms with Gasteiger partial charge in [0.25, 0.3) is 0 Å². The van der Waals surface area contributed by atoms with E-state index in [4.69, 9.17) is 4.74 Å². The lowest BCUT2D eigenvalue weighted by atomic mass is 10.1. The van der Waals surface area contributed by atoms with Crippen molar-refractivity contribution in [3.8, 4) is 11.5 Å². The molecule has 0 atom stereocenters. The van der Waals surface area contributed by atoms with Crippen LogP contribution in [-0.2, 0) is 0 Å². The van der Waals surface area contributed by atoms with E-state index >= 15 is 0 Å². The zero-order valence-corrected chi connectivity index (χ0v) is 13.1. The topological polar surface area (TPSA) is 26.3 Å². The molecule has 0 aliphatic carbocycles. The molecule has 3 heteroatoms. The van der Waals surface area contributed by atoms with Crippen LogP contribution in [-0.4, -0.2) is 5.78 Å². The minimum Gasteiger partial charge on any atom is -0.457 e. The number of carbonyl (C=O) groups is 1. The molecule has 0 aliphatic rings. The fourth-order valence-electron chi connectivity index (χ4n) is 2.23. The zero-order chi connectivity index (χ0) is 14.8. The first-order valence-corrected chi connectivity index (χ1v) is 7.40. The number of benzene rings is 3. The molecule has 0 saturated heterocycles. The highest BCUT2D eigenvalue weighted by Gasteiger charge is 2.10. The summed E-state index contributed by atoms with van der Waals surface area (Å²) in [6, 6.07) is 19.4. The van der Waals surface area contributed by atoms with Crippen LogP contribution in [0, 0.1) is 0 Å². The van der Waals surface area contributed by atoms with Gasteiger partial charge in [-0.2, -0.15) is 0 Å². The third-order valence-electron chi connectivity index (χ3n) is 3.27. The Morgan fingerprint density at radius 1 is 0.952 bits per heavy atom. The summed E-state index contributed by atoms with van der Waals surface area (Å²) in [7, 11) is 0. The van der Waals surface area contributed by atoms with E-state index in [-0.39, 0.29) is 5.78 Å².